The molecule has 2 rings (SSSR count). The van der Waals surface area contributed by atoms with Crippen molar-refractivity contribution in [1.82, 2.24) is 15.5 Å². The third-order valence-electron chi connectivity index (χ3n) is 3.22. The van der Waals surface area contributed by atoms with E-state index in [1.54, 1.807) is 0 Å². The van der Waals surface area contributed by atoms with Crippen molar-refractivity contribution in [3.63, 3.8) is 0 Å². The zero-order valence-corrected chi connectivity index (χ0v) is 12.5. The lowest BCUT2D eigenvalue weighted by atomic mass is 10.1. The Kier molecular flexibility index (Phi) is 5.95. The van der Waals surface area contributed by atoms with Gasteiger partial charge in [0.25, 0.3) is 0 Å². The second-order valence-electron chi connectivity index (χ2n) is 5.04. The highest BCUT2D eigenvalue weighted by Crippen LogP contribution is 2.17. The number of aliphatic hydroxyl groups excluding tert-OH is 2. The molecule has 1 amide bonds. The molecule has 1 heterocycles. The third kappa shape index (κ3) is 5.28. The number of carbonyl (C=O) groups is 1. The van der Waals surface area contributed by atoms with Gasteiger partial charge >= 0.3 is 6.09 Å². The summed E-state index contributed by atoms with van der Waals surface area (Å²) < 4.78 is 5.03. The number of rotatable bonds is 7. The molecule has 0 saturated heterocycles. The van der Waals surface area contributed by atoms with Crippen molar-refractivity contribution in [2.24, 2.45) is 0 Å². The molecule has 2 atom stereocenters. The highest BCUT2D eigenvalue weighted by Gasteiger charge is 2.20. The van der Waals surface area contributed by atoms with Gasteiger partial charge in [-0.1, -0.05) is 30.3 Å². The SMILES string of the molecule is Nc1cc(C(O)C(O)CCNC(=O)OCc2ccccc2)[nH]n1. The van der Waals surface area contributed by atoms with E-state index in [0.29, 0.717) is 5.69 Å². The van der Waals surface area contributed by atoms with E-state index in [9.17, 15) is 15.0 Å². The zero-order valence-electron chi connectivity index (χ0n) is 12.5. The fourth-order valence-corrected chi connectivity index (χ4v) is 1.97. The Morgan fingerprint density at radius 1 is 1.35 bits per heavy atom. The number of alkyl carbamates (subject to hydrolysis) is 1. The summed E-state index contributed by atoms with van der Waals surface area (Å²) in [6.45, 7) is 0.334. The van der Waals surface area contributed by atoms with Gasteiger partial charge in [-0.05, 0) is 12.0 Å². The molecule has 2 unspecified atom stereocenters. The summed E-state index contributed by atoms with van der Waals surface area (Å²) in [4.78, 5) is 11.5. The van der Waals surface area contributed by atoms with Crippen LogP contribution in [0, 0.1) is 0 Å². The Morgan fingerprint density at radius 3 is 2.74 bits per heavy atom. The second-order valence-corrected chi connectivity index (χ2v) is 5.04. The fourth-order valence-electron chi connectivity index (χ4n) is 1.97. The molecule has 124 valence electrons. The molecular weight excluding hydrogens is 300 g/mol. The molecule has 1 aromatic heterocycles. The molecule has 0 bridgehead atoms. The number of nitrogens with one attached hydrogen (secondary N) is 2. The van der Waals surface area contributed by atoms with Gasteiger partial charge in [-0.3, -0.25) is 5.10 Å². The Hall–Kier alpha value is -2.58. The standard InChI is InChI=1S/C15H20N4O4/c16-13-8-11(18-19-13)14(21)12(20)6-7-17-15(22)23-9-10-4-2-1-3-5-10/h1-5,8,12,14,20-21H,6-7,9H2,(H,17,22)(H3,16,18,19). The summed E-state index contributed by atoms with van der Waals surface area (Å²) in [5.74, 6) is 0.230. The average Bonchev–Trinajstić information content (AvgIpc) is 2.99. The van der Waals surface area contributed by atoms with Gasteiger partial charge < -0.3 is 26.0 Å². The minimum Gasteiger partial charge on any atom is -0.445 e. The maximum Gasteiger partial charge on any atom is 0.407 e. The van der Waals surface area contributed by atoms with Gasteiger partial charge in [-0.25, -0.2) is 4.79 Å². The molecule has 1 aromatic carbocycles. The number of hydrogen-bond donors (Lipinski definition) is 5. The van der Waals surface area contributed by atoms with Crippen molar-refractivity contribution in [3.05, 3.63) is 47.7 Å². The molecule has 6 N–H and O–H groups in total. The van der Waals surface area contributed by atoms with Gasteiger partial charge in [-0.2, -0.15) is 5.10 Å². The van der Waals surface area contributed by atoms with Crippen molar-refractivity contribution in [3.8, 4) is 0 Å². The van der Waals surface area contributed by atoms with E-state index in [1.165, 1.54) is 6.07 Å². The Balaban J connectivity index is 1.66. The summed E-state index contributed by atoms with van der Waals surface area (Å²) in [6, 6.07) is 10.7. The summed E-state index contributed by atoms with van der Waals surface area (Å²) >= 11 is 0. The van der Waals surface area contributed by atoms with E-state index < -0.39 is 18.3 Å². The smallest absolute Gasteiger partial charge is 0.407 e. The predicted octanol–water partition coefficient (Wildman–Crippen LogP) is 0.703. The number of carbonyl (C=O) groups excluding carboxylic acids is 1. The van der Waals surface area contributed by atoms with Gasteiger partial charge in [0.2, 0.25) is 0 Å². The highest BCUT2D eigenvalue weighted by molar-refractivity contribution is 5.67. The first-order valence-electron chi connectivity index (χ1n) is 7.17. The quantitative estimate of drug-likeness (QED) is 0.510. The van der Waals surface area contributed by atoms with Crippen molar-refractivity contribution in [2.45, 2.75) is 25.2 Å². The first kappa shape index (κ1) is 16.8. The van der Waals surface area contributed by atoms with Crippen LogP contribution in [0.15, 0.2) is 36.4 Å². The molecule has 0 radical (unpaired) electrons. The van der Waals surface area contributed by atoms with Crippen molar-refractivity contribution in [1.29, 1.82) is 0 Å². The summed E-state index contributed by atoms with van der Waals surface area (Å²) in [7, 11) is 0. The number of benzene rings is 1. The Morgan fingerprint density at radius 2 is 2.09 bits per heavy atom. The predicted molar refractivity (Wildman–Crippen MR) is 83.2 cm³/mol. The topological polar surface area (TPSA) is 133 Å². The molecule has 23 heavy (non-hydrogen) atoms. The number of aromatic nitrogens is 2. The third-order valence-corrected chi connectivity index (χ3v) is 3.22. The number of nitrogens with zero attached hydrogens (tertiary/aromatic N) is 1. The minimum atomic E-state index is -1.15. The molecule has 0 aliphatic rings. The summed E-state index contributed by atoms with van der Waals surface area (Å²) in [6.07, 6.45) is -2.65. The fraction of sp³-hybridized carbons (Fsp3) is 0.333. The van der Waals surface area contributed by atoms with Crippen molar-refractivity contribution >= 4 is 11.9 Å². The molecule has 0 saturated carbocycles. The van der Waals surface area contributed by atoms with Crippen molar-refractivity contribution in [2.75, 3.05) is 12.3 Å². The van der Waals surface area contributed by atoms with Crippen LogP contribution >= 0.6 is 0 Å². The number of nitrogens with two attached hydrogens (primary N) is 1. The van der Waals surface area contributed by atoms with Crippen LogP contribution in [0.1, 0.15) is 23.8 Å². The largest absolute Gasteiger partial charge is 0.445 e. The Bertz CT molecular complexity index is 617. The maximum absolute atomic E-state index is 11.5. The normalized spacial score (nSPS) is 13.3. The summed E-state index contributed by atoms with van der Waals surface area (Å²) in [5.41, 5.74) is 6.63. The number of anilines is 1. The van der Waals surface area contributed by atoms with E-state index >= 15 is 0 Å². The first-order chi connectivity index (χ1) is 11.1. The van der Waals surface area contributed by atoms with Crippen LogP contribution in [0.3, 0.4) is 0 Å². The molecule has 0 aliphatic heterocycles. The number of nitrogen functional groups attached to an aromatic ring is 1. The van der Waals surface area contributed by atoms with E-state index in [0.717, 1.165) is 5.56 Å². The lowest BCUT2D eigenvalue weighted by Gasteiger charge is -2.16. The lowest BCUT2D eigenvalue weighted by Crippen LogP contribution is -2.29. The highest BCUT2D eigenvalue weighted by atomic mass is 16.5. The van der Waals surface area contributed by atoms with Gasteiger partial charge in [0.05, 0.1) is 11.8 Å². The van der Waals surface area contributed by atoms with Gasteiger partial charge in [0.15, 0.2) is 0 Å². The number of aromatic amines is 1. The lowest BCUT2D eigenvalue weighted by molar-refractivity contribution is 0.0111. The Labute approximate surface area is 133 Å². The van der Waals surface area contributed by atoms with Crippen LogP contribution < -0.4 is 11.1 Å². The van der Waals surface area contributed by atoms with Crippen LogP contribution in [-0.4, -0.2) is 39.2 Å². The number of hydrogen-bond acceptors (Lipinski definition) is 6. The van der Waals surface area contributed by atoms with Gasteiger partial charge in [0, 0.05) is 12.6 Å². The van der Waals surface area contributed by atoms with E-state index in [4.69, 9.17) is 10.5 Å². The minimum absolute atomic E-state index is 0.153. The van der Waals surface area contributed by atoms with Gasteiger partial charge in [-0.15, -0.1) is 0 Å². The first-order valence-corrected chi connectivity index (χ1v) is 7.17. The van der Waals surface area contributed by atoms with Crippen LogP contribution in [0.2, 0.25) is 0 Å². The number of aliphatic hydroxyl groups is 2. The van der Waals surface area contributed by atoms with Crippen LogP contribution in [0.25, 0.3) is 0 Å². The van der Waals surface area contributed by atoms with E-state index in [1.807, 2.05) is 30.3 Å². The number of ether oxygens (including phenoxy) is 1. The monoisotopic (exact) mass is 320 g/mol. The average molecular weight is 320 g/mol. The molecule has 0 aliphatic carbocycles. The molecule has 0 fully saturated rings. The van der Waals surface area contributed by atoms with Crippen LogP contribution in [-0.2, 0) is 11.3 Å². The van der Waals surface area contributed by atoms with E-state index in [2.05, 4.69) is 15.5 Å². The van der Waals surface area contributed by atoms with E-state index in [-0.39, 0.29) is 25.4 Å². The molecular formula is C15H20N4O4. The van der Waals surface area contributed by atoms with Gasteiger partial charge in [0.1, 0.15) is 18.5 Å². The number of amides is 1. The molecule has 8 heteroatoms. The summed E-state index contributed by atoms with van der Waals surface area (Å²) in [5, 5.41) is 28.5. The second kappa shape index (κ2) is 8.16. The van der Waals surface area contributed by atoms with Crippen LogP contribution in [0.5, 0.6) is 0 Å². The molecule has 8 nitrogen and oxygen atoms in total. The zero-order chi connectivity index (χ0) is 16.7. The van der Waals surface area contributed by atoms with Crippen LogP contribution in [0.4, 0.5) is 10.6 Å². The molecule has 2 aromatic rings. The number of H-pyrrole nitrogens is 1. The maximum atomic E-state index is 11.5. The van der Waals surface area contributed by atoms with Crippen molar-refractivity contribution < 1.29 is 19.7 Å². The molecule has 0 spiro atoms.